The maximum Gasteiger partial charge on any atom is 0.229 e. The van der Waals surface area contributed by atoms with E-state index in [1.807, 2.05) is 36.4 Å². The van der Waals surface area contributed by atoms with Crippen LogP contribution < -0.4 is 4.90 Å². The largest absolute Gasteiger partial charge is 0.391 e. The molecule has 1 unspecified atom stereocenters. The van der Waals surface area contributed by atoms with Crippen LogP contribution in [0.2, 0.25) is 0 Å². The van der Waals surface area contributed by atoms with Gasteiger partial charge in [-0.05, 0) is 17.5 Å². The second kappa shape index (κ2) is 4.37. The fourth-order valence-electron chi connectivity index (χ4n) is 2.41. The summed E-state index contributed by atoms with van der Waals surface area (Å²) in [4.78, 5) is 13.5. The molecular weight excluding hydrogens is 294 g/mol. The molecule has 1 amide bonds. The van der Waals surface area contributed by atoms with Crippen molar-refractivity contribution in [1.82, 2.24) is 0 Å². The van der Waals surface area contributed by atoms with E-state index in [4.69, 9.17) is 0 Å². The first-order valence-corrected chi connectivity index (χ1v) is 6.62. The molecule has 92 valence electrons. The van der Waals surface area contributed by atoms with E-state index in [-0.39, 0.29) is 12.3 Å². The van der Waals surface area contributed by atoms with Crippen LogP contribution in [0.1, 0.15) is 6.42 Å². The topological polar surface area (TPSA) is 40.5 Å². The number of halogens is 1. The van der Waals surface area contributed by atoms with Crippen molar-refractivity contribution in [3.05, 3.63) is 40.9 Å². The first-order valence-electron chi connectivity index (χ1n) is 5.82. The Hall–Kier alpha value is -1.39. The SMILES string of the molecule is O=C1CC(O)CN1c1cccc2c(Br)cccc12. The number of carbonyl (C=O) groups is 1. The number of rotatable bonds is 1. The summed E-state index contributed by atoms with van der Waals surface area (Å²) >= 11 is 3.51. The zero-order chi connectivity index (χ0) is 12.7. The average molecular weight is 306 g/mol. The number of aliphatic hydroxyl groups is 1. The van der Waals surface area contributed by atoms with Gasteiger partial charge in [0.15, 0.2) is 0 Å². The monoisotopic (exact) mass is 305 g/mol. The minimum atomic E-state index is -0.556. The van der Waals surface area contributed by atoms with Crippen LogP contribution in [0.25, 0.3) is 10.8 Å². The molecule has 0 saturated carbocycles. The number of fused-ring (bicyclic) bond motifs is 1. The lowest BCUT2D eigenvalue weighted by atomic mass is 10.1. The molecular formula is C14H12BrNO2. The van der Waals surface area contributed by atoms with Gasteiger partial charge in [0.2, 0.25) is 5.91 Å². The molecule has 0 bridgehead atoms. The minimum Gasteiger partial charge on any atom is -0.391 e. The smallest absolute Gasteiger partial charge is 0.229 e. The van der Waals surface area contributed by atoms with Gasteiger partial charge >= 0.3 is 0 Å². The van der Waals surface area contributed by atoms with Crippen LogP contribution >= 0.6 is 15.9 Å². The third-order valence-electron chi connectivity index (χ3n) is 3.24. The summed E-state index contributed by atoms with van der Waals surface area (Å²) in [6.45, 7) is 0.379. The van der Waals surface area contributed by atoms with Gasteiger partial charge < -0.3 is 10.0 Å². The Morgan fingerprint density at radius 3 is 2.61 bits per heavy atom. The Balaban J connectivity index is 2.18. The standard InChI is InChI=1S/C14H12BrNO2/c15-12-5-1-4-11-10(12)3-2-6-13(11)16-8-9(17)7-14(16)18/h1-6,9,17H,7-8H2. The predicted octanol–water partition coefficient (Wildman–Crippen LogP) is 2.70. The van der Waals surface area contributed by atoms with E-state index in [9.17, 15) is 9.90 Å². The highest BCUT2D eigenvalue weighted by Crippen LogP contribution is 2.33. The number of carbonyl (C=O) groups excluding carboxylic acids is 1. The summed E-state index contributed by atoms with van der Waals surface area (Å²) in [5, 5.41) is 11.7. The van der Waals surface area contributed by atoms with E-state index in [1.165, 1.54) is 0 Å². The number of β-amino-alcohol motifs (C(OH)–C–C–N with tert-alkyl or cyclic N) is 1. The maximum absolute atomic E-state index is 11.9. The Bertz CT molecular complexity index is 626. The molecule has 0 spiro atoms. The molecule has 1 aliphatic heterocycles. The predicted molar refractivity (Wildman–Crippen MR) is 74.6 cm³/mol. The molecule has 0 radical (unpaired) electrons. The number of nitrogens with zero attached hydrogens (tertiary/aromatic N) is 1. The van der Waals surface area contributed by atoms with Crippen LogP contribution in [0, 0.1) is 0 Å². The summed E-state index contributed by atoms with van der Waals surface area (Å²) in [5.41, 5.74) is 0.871. The van der Waals surface area contributed by atoms with Crippen molar-refractivity contribution < 1.29 is 9.90 Å². The fourth-order valence-corrected chi connectivity index (χ4v) is 2.91. The molecule has 0 aromatic heterocycles. The number of benzene rings is 2. The van der Waals surface area contributed by atoms with Gasteiger partial charge in [0.05, 0.1) is 24.8 Å². The van der Waals surface area contributed by atoms with Crippen LogP contribution in [0.4, 0.5) is 5.69 Å². The average Bonchev–Trinajstić information content (AvgIpc) is 2.68. The number of aliphatic hydroxyl groups excluding tert-OH is 1. The van der Waals surface area contributed by atoms with Crippen LogP contribution in [0.5, 0.6) is 0 Å². The van der Waals surface area contributed by atoms with Gasteiger partial charge in [0.1, 0.15) is 0 Å². The summed E-state index contributed by atoms with van der Waals surface area (Å²) in [5.74, 6) is -0.0185. The van der Waals surface area contributed by atoms with Gasteiger partial charge in [-0.15, -0.1) is 0 Å². The number of anilines is 1. The second-order valence-electron chi connectivity index (χ2n) is 4.47. The van der Waals surface area contributed by atoms with Gasteiger partial charge in [-0.3, -0.25) is 4.79 Å². The van der Waals surface area contributed by atoms with Crippen molar-refractivity contribution >= 4 is 38.3 Å². The third kappa shape index (κ3) is 1.82. The highest BCUT2D eigenvalue weighted by atomic mass is 79.9. The third-order valence-corrected chi connectivity index (χ3v) is 3.93. The van der Waals surface area contributed by atoms with Crippen LogP contribution in [0.15, 0.2) is 40.9 Å². The lowest BCUT2D eigenvalue weighted by molar-refractivity contribution is -0.117. The number of hydrogen-bond donors (Lipinski definition) is 1. The lowest BCUT2D eigenvalue weighted by Gasteiger charge is -2.18. The highest BCUT2D eigenvalue weighted by molar-refractivity contribution is 9.10. The van der Waals surface area contributed by atoms with Crippen molar-refractivity contribution in [2.75, 3.05) is 11.4 Å². The quantitative estimate of drug-likeness (QED) is 0.880. The second-order valence-corrected chi connectivity index (χ2v) is 5.33. The molecule has 1 fully saturated rings. The maximum atomic E-state index is 11.9. The van der Waals surface area contributed by atoms with Crippen molar-refractivity contribution in [2.45, 2.75) is 12.5 Å². The fraction of sp³-hybridized carbons (Fsp3) is 0.214. The molecule has 2 aromatic carbocycles. The zero-order valence-corrected chi connectivity index (χ0v) is 11.2. The summed E-state index contributed by atoms with van der Waals surface area (Å²) < 4.78 is 1.01. The minimum absolute atomic E-state index is 0.0185. The highest BCUT2D eigenvalue weighted by Gasteiger charge is 2.29. The van der Waals surface area contributed by atoms with E-state index in [1.54, 1.807) is 4.90 Å². The molecule has 18 heavy (non-hydrogen) atoms. The molecule has 0 aliphatic carbocycles. The van der Waals surface area contributed by atoms with Gasteiger partial charge in [-0.1, -0.05) is 40.2 Å². The van der Waals surface area contributed by atoms with E-state index < -0.39 is 6.10 Å². The van der Waals surface area contributed by atoms with E-state index in [2.05, 4.69) is 15.9 Å². The van der Waals surface area contributed by atoms with Gasteiger partial charge in [-0.2, -0.15) is 0 Å². The zero-order valence-electron chi connectivity index (χ0n) is 9.64. The first-order chi connectivity index (χ1) is 8.66. The molecule has 3 nitrogen and oxygen atoms in total. The Labute approximate surface area is 113 Å². The molecule has 1 heterocycles. The first kappa shape index (κ1) is 11.7. The van der Waals surface area contributed by atoms with Crippen LogP contribution in [-0.4, -0.2) is 23.7 Å². The molecule has 3 rings (SSSR count). The van der Waals surface area contributed by atoms with Crippen molar-refractivity contribution in [2.24, 2.45) is 0 Å². The van der Waals surface area contributed by atoms with E-state index in [0.29, 0.717) is 6.54 Å². The lowest BCUT2D eigenvalue weighted by Crippen LogP contribution is -2.25. The van der Waals surface area contributed by atoms with Gasteiger partial charge in [0, 0.05) is 9.86 Å². The number of hydrogen-bond acceptors (Lipinski definition) is 2. The normalized spacial score (nSPS) is 19.8. The summed E-state index contributed by atoms with van der Waals surface area (Å²) in [7, 11) is 0. The van der Waals surface area contributed by atoms with Crippen molar-refractivity contribution in [3.8, 4) is 0 Å². The number of amides is 1. The Morgan fingerprint density at radius 2 is 1.89 bits per heavy atom. The summed E-state index contributed by atoms with van der Waals surface area (Å²) in [6, 6.07) is 11.8. The Kier molecular flexibility index (Phi) is 2.84. The van der Waals surface area contributed by atoms with E-state index in [0.717, 1.165) is 20.9 Å². The molecule has 1 N–H and O–H groups in total. The molecule has 1 saturated heterocycles. The van der Waals surface area contributed by atoms with E-state index >= 15 is 0 Å². The molecule has 1 atom stereocenters. The van der Waals surface area contributed by atoms with Crippen molar-refractivity contribution in [1.29, 1.82) is 0 Å². The summed E-state index contributed by atoms with van der Waals surface area (Å²) in [6.07, 6.45) is -0.343. The van der Waals surface area contributed by atoms with Gasteiger partial charge in [0.25, 0.3) is 0 Å². The van der Waals surface area contributed by atoms with Crippen molar-refractivity contribution in [3.63, 3.8) is 0 Å². The molecule has 2 aromatic rings. The molecule has 4 heteroatoms. The molecule has 1 aliphatic rings. The van der Waals surface area contributed by atoms with Gasteiger partial charge in [-0.25, -0.2) is 0 Å². The van der Waals surface area contributed by atoms with Crippen LogP contribution in [0.3, 0.4) is 0 Å². The Morgan fingerprint density at radius 1 is 1.17 bits per heavy atom. The van der Waals surface area contributed by atoms with Crippen LogP contribution in [-0.2, 0) is 4.79 Å².